The van der Waals surface area contributed by atoms with Crippen LogP contribution in [0, 0.1) is 19.8 Å². The number of carbonyl (C=O) groups excluding carboxylic acids is 1. The number of rotatable bonds is 2. The molecule has 1 amide bonds. The van der Waals surface area contributed by atoms with Crippen LogP contribution in [0.2, 0.25) is 0 Å². The molecule has 1 aromatic rings. The molecule has 2 unspecified atom stereocenters. The van der Waals surface area contributed by atoms with Crippen molar-refractivity contribution in [2.75, 3.05) is 19.6 Å². The summed E-state index contributed by atoms with van der Waals surface area (Å²) >= 11 is 0. The average Bonchev–Trinajstić information content (AvgIpc) is 3.25. The molecule has 2 heterocycles. The normalized spacial score (nSPS) is 28.3. The highest BCUT2D eigenvalue weighted by molar-refractivity contribution is 5.95. The van der Waals surface area contributed by atoms with E-state index in [0.29, 0.717) is 6.04 Å². The van der Waals surface area contributed by atoms with Crippen molar-refractivity contribution in [2.45, 2.75) is 64.5 Å². The van der Waals surface area contributed by atoms with Crippen LogP contribution >= 0.6 is 0 Å². The highest BCUT2D eigenvalue weighted by atomic mass is 16.2. The summed E-state index contributed by atoms with van der Waals surface area (Å²) in [6.45, 7) is 7.50. The lowest BCUT2D eigenvalue weighted by atomic mass is 9.91. The van der Waals surface area contributed by atoms with Crippen LogP contribution in [0.25, 0.3) is 0 Å². The van der Waals surface area contributed by atoms with Crippen molar-refractivity contribution in [3.63, 3.8) is 0 Å². The third-order valence-corrected chi connectivity index (χ3v) is 6.75. The van der Waals surface area contributed by atoms with Crippen molar-refractivity contribution in [2.24, 2.45) is 5.92 Å². The van der Waals surface area contributed by atoms with Gasteiger partial charge in [-0.25, -0.2) is 0 Å². The number of likely N-dealkylation sites (tertiary alicyclic amines) is 2. The van der Waals surface area contributed by atoms with E-state index >= 15 is 0 Å². The van der Waals surface area contributed by atoms with Crippen LogP contribution in [0.1, 0.15) is 60.0 Å². The Labute approximate surface area is 146 Å². The standard InChI is InChI=1S/C21H30N2O/c1-15-7-8-18(13-16(15)2)21(24)23-12-10-17-9-11-22(14-20(17)23)19-5-3-4-6-19/h7-8,13,17,19-20H,3-6,9-12,14H2,1-2H3. The quantitative estimate of drug-likeness (QED) is 0.826. The largest absolute Gasteiger partial charge is 0.334 e. The van der Waals surface area contributed by atoms with Crippen molar-refractivity contribution in [1.29, 1.82) is 0 Å². The average molecular weight is 326 g/mol. The molecule has 3 nitrogen and oxygen atoms in total. The number of hydrogen-bond donors (Lipinski definition) is 0. The van der Waals surface area contributed by atoms with Gasteiger partial charge in [0.1, 0.15) is 0 Å². The van der Waals surface area contributed by atoms with Gasteiger partial charge in [-0.3, -0.25) is 9.69 Å². The van der Waals surface area contributed by atoms with Crippen molar-refractivity contribution in [3.8, 4) is 0 Å². The molecule has 2 atom stereocenters. The zero-order valence-electron chi connectivity index (χ0n) is 15.1. The van der Waals surface area contributed by atoms with E-state index in [0.717, 1.165) is 30.6 Å². The predicted molar refractivity (Wildman–Crippen MR) is 97.3 cm³/mol. The minimum Gasteiger partial charge on any atom is -0.334 e. The van der Waals surface area contributed by atoms with E-state index in [9.17, 15) is 4.79 Å². The molecular weight excluding hydrogens is 296 g/mol. The van der Waals surface area contributed by atoms with Crippen LogP contribution in [0.15, 0.2) is 18.2 Å². The summed E-state index contributed by atoms with van der Waals surface area (Å²) < 4.78 is 0. The maximum Gasteiger partial charge on any atom is 0.254 e. The van der Waals surface area contributed by atoms with Gasteiger partial charge < -0.3 is 4.90 Å². The lowest BCUT2D eigenvalue weighted by Gasteiger charge is -2.41. The molecule has 3 aliphatic rings. The topological polar surface area (TPSA) is 23.6 Å². The second kappa shape index (κ2) is 6.51. The minimum absolute atomic E-state index is 0.249. The van der Waals surface area contributed by atoms with E-state index < -0.39 is 0 Å². The Balaban J connectivity index is 1.50. The molecule has 1 aromatic carbocycles. The van der Waals surface area contributed by atoms with Gasteiger partial charge in [0.05, 0.1) is 0 Å². The fraction of sp³-hybridized carbons (Fsp3) is 0.667. The zero-order chi connectivity index (χ0) is 16.7. The number of fused-ring (bicyclic) bond motifs is 1. The summed E-state index contributed by atoms with van der Waals surface area (Å²) in [6.07, 6.45) is 7.98. The molecule has 24 heavy (non-hydrogen) atoms. The third kappa shape index (κ3) is 2.88. The van der Waals surface area contributed by atoms with Crippen LogP contribution in [0.4, 0.5) is 0 Å². The molecule has 130 valence electrons. The van der Waals surface area contributed by atoms with Gasteiger partial charge in [-0.1, -0.05) is 18.9 Å². The van der Waals surface area contributed by atoms with Crippen LogP contribution in [0.3, 0.4) is 0 Å². The van der Waals surface area contributed by atoms with Gasteiger partial charge in [0, 0.05) is 30.7 Å². The zero-order valence-corrected chi connectivity index (χ0v) is 15.1. The Hall–Kier alpha value is -1.35. The summed E-state index contributed by atoms with van der Waals surface area (Å²) in [5.74, 6) is 0.969. The first kappa shape index (κ1) is 16.1. The van der Waals surface area contributed by atoms with Crippen molar-refractivity contribution < 1.29 is 4.79 Å². The van der Waals surface area contributed by atoms with E-state index in [4.69, 9.17) is 0 Å². The van der Waals surface area contributed by atoms with E-state index in [-0.39, 0.29) is 5.91 Å². The number of nitrogens with zero attached hydrogens (tertiary/aromatic N) is 2. The van der Waals surface area contributed by atoms with Crippen LogP contribution in [-0.4, -0.2) is 47.4 Å². The molecule has 0 radical (unpaired) electrons. The van der Waals surface area contributed by atoms with Gasteiger partial charge in [0.25, 0.3) is 5.91 Å². The van der Waals surface area contributed by atoms with Gasteiger partial charge in [0.2, 0.25) is 0 Å². The summed E-state index contributed by atoms with van der Waals surface area (Å²) in [5.41, 5.74) is 3.35. The molecular formula is C21H30N2O. The van der Waals surface area contributed by atoms with Crippen molar-refractivity contribution in [1.82, 2.24) is 9.80 Å². The molecule has 3 heteroatoms. The molecule has 1 aliphatic carbocycles. The summed E-state index contributed by atoms with van der Waals surface area (Å²) in [7, 11) is 0. The number of amides is 1. The first-order valence-corrected chi connectivity index (χ1v) is 9.76. The fourth-order valence-corrected chi connectivity index (χ4v) is 5.06. The lowest BCUT2D eigenvalue weighted by Crippen LogP contribution is -2.52. The highest BCUT2D eigenvalue weighted by Crippen LogP contribution is 2.35. The van der Waals surface area contributed by atoms with Crippen LogP contribution in [-0.2, 0) is 0 Å². The van der Waals surface area contributed by atoms with Crippen LogP contribution < -0.4 is 0 Å². The number of aryl methyl sites for hydroxylation is 2. The smallest absolute Gasteiger partial charge is 0.254 e. The van der Waals surface area contributed by atoms with Gasteiger partial charge in [0.15, 0.2) is 0 Å². The molecule has 0 spiro atoms. The van der Waals surface area contributed by atoms with Gasteiger partial charge >= 0.3 is 0 Å². The van der Waals surface area contributed by atoms with Crippen molar-refractivity contribution in [3.05, 3.63) is 34.9 Å². The van der Waals surface area contributed by atoms with E-state index in [1.54, 1.807) is 0 Å². The molecule has 0 aromatic heterocycles. The maximum atomic E-state index is 13.1. The Morgan fingerprint density at radius 2 is 1.75 bits per heavy atom. The second-order valence-electron chi connectivity index (χ2n) is 8.14. The third-order valence-electron chi connectivity index (χ3n) is 6.75. The van der Waals surface area contributed by atoms with E-state index in [1.165, 1.54) is 56.2 Å². The molecule has 1 saturated carbocycles. The van der Waals surface area contributed by atoms with Gasteiger partial charge in [-0.05, 0) is 75.3 Å². The first-order valence-electron chi connectivity index (χ1n) is 9.76. The maximum absolute atomic E-state index is 13.1. The molecule has 0 N–H and O–H groups in total. The number of hydrogen-bond acceptors (Lipinski definition) is 2. The van der Waals surface area contributed by atoms with Crippen molar-refractivity contribution >= 4 is 5.91 Å². The molecule has 4 rings (SSSR count). The minimum atomic E-state index is 0.249. The lowest BCUT2D eigenvalue weighted by molar-refractivity contribution is 0.0521. The monoisotopic (exact) mass is 326 g/mol. The predicted octanol–water partition coefficient (Wildman–Crippen LogP) is 3.78. The van der Waals surface area contributed by atoms with E-state index in [2.05, 4.69) is 35.8 Å². The summed E-state index contributed by atoms with van der Waals surface area (Å²) in [6, 6.07) is 7.39. The SMILES string of the molecule is Cc1ccc(C(=O)N2CCC3CCN(C4CCCC4)CC32)cc1C. The first-order chi connectivity index (χ1) is 11.6. The number of piperidine rings is 1. The Bertz CT molecular complexity index is 620. The summed E-state index contributed by atoms with van der Waals surface area (Å²) in [5, 5.41) is 0. The number of benzene rings is 1. The van der Waals surface area contributed by atoms with E-state index in [1.807, 2.05) is 6.07 Å². The molecule has 2 aliphatic heterocycles. The van der Waals surface area contributed by atoms with Gasteiger partial charge in [-0.2, -0.15) is 0 Å². The summed E-state index contributed by atoms with van der Waals surface area (Å²) in [4.78, 5) is 18.0. The molecule has 2 saturated heterocycles. The Morgan fingerprint density at radius 1 is 1.00 bits per heavy atom. The van der Waals surface area contributed by atoms with Gasteiger partial charge in [-0.15, -0.1) is 0 Å². The molecule has 3 fully saturated rings. The number of carbonyl (C=O) groups is 1. The highest BCUT2D eigenvalue weighted by Gasteiger charge is 2.42. The fourth-order valence-electron chi connectivity index (χ4n) is 5.06. The Morgan fingerprint density at radius 3 is 2.50 bits per heavy atom. The Kier molecular flexibility index (Phi) is 4.38. The second-order valence-corrected chi connectivity index (χ2v) is 8.14. The van der Waals surface area contributed by atoms with Crippen LogP contribution in [0.5, 0.6) is 0 Å². The molecule has 0 bridgehead atoms.